The molecule has 0 aromatic heterocycles. The highest BCUT2D eigenvalue weighted by Crippen LogP contribution is 2.22. The first-order chi connectivity index (χ1) is 9.20. The van der Waals surface area contributed by atoms with Gasteiger partial charge in [-0.05, 0) is 31.2 Å². The number of rotatable bonds is 4. The van der Waals surface area contributed by atoms with E-state index in [-0.39, 0.29) is 5.91 Å². The number of hydrogen-bond donors (Lipinski definition) is 2. The molecule has 19 heavy (non-hydrogen) atoms. The molecule has 1 amide bonds. The summed E-state index contributed by atoms with van der Waals surface area (Å²) in [4.78, 5) is 12.1. The average Bonchev–Trinajstić information content (AvgIpc) is 2.46. The van der Waals surface area contributed by atoms with E-state index in [0.717, 1.165) is 19.5 Å². The van der Waals surface area contributed by atoms with Crippen molar-refractivity contribution in [3.05, 3.63) is 40.4 Å². The third-order valence-electron chi connectivity index (χ3n) is 3.04. The molecule has 4 nitrogen and oxygen atoms in total. The molecule has 0 atom stereocenters. The molecule has 0 saturated heterocycles. The number of amides is 1. The largest absolute Gasteiger partial charge is 0.496 e. The van der Waals surface area contributed by atoms with Gasteiger partial charge in [-0.15, -0.1) is 0 Å². The minimum Gasteiger partial charge on any atom is -0.496 e. The quantitative estimate of drug-likeness (QED) is 0.830. The molecule has 102 valence electrons. The Morgan fingerprint density at radius 1 is 1.53 bits per heavy atom. The highest BCUT2D eigenvalue weighted by atomic mass is 35.5. The summed E-state index contributed by atoms with van der Waals surface area (Å²) in [5, 5.41) is 6.65. The Hall–Kier alpha value is -1.52. The Balaban J connectivity index is 2.03. The number of carbonyl (C=O) groups excluding carboxylic acids is 1. The fourth-order valence-corrected chi connectivity index (χ4v) is 2.15. The maximum atomic E-state index is 12.1. The van der Waals surface area contributed by atoms with Gasteiger partial charge in [0.15, 0.2) is 0 Å². The molecule has 1 aromatic rings. The van der Waals surface area contributed by atoms with Gasteiger partial charge in [0.1, 0.15) is 5.75 Å². The van der Waals surface area contributed by atoms with Crippen LogP contribution in [-0.4, -0.2) is 32.7 Å². The average molecular weight is 281 g/mol. The van der Waals surface area contributed by atoms with Gasteiger partial charge in [-0.3, -0.25) is 4.79 Å². The number of methoxy groups -OCH3 is 1. The van der Waals surface area contributed by atoms with E-state index in [4.69, 9.17) is 16.3 Å². The standard InChI is InChI=1S/C14H17ClN2O2/c1-19-13-3-2-11(15)8-12(13)14(18)17-9-10-4-6-16-7-5-10/h2-4,8,16H,5-7,9H2,1H3,(H,17,18). The second kappa shape index (κ2) is 6.59. The summed E-state index contributed by atoms with van der Waals surface area (Å²) in [7, 11) is 1.54. The number of halogens is 1. The van der Waals surface area contributed by atoms with E-state index >= 15 is 0 Å². The predicted molar refractivity (Wildman–Crippen MR) is 75.9 cm³/mol. The summed E-state index contributed by atoms with van der Waals surface area (Å²) in [5.41, 5.74) is 1.71. The second-order valence-corrected chi connectivity index (χ2v) is 4.78. The molecular formula is C14H17ClN2O2. The SMILES string of the molecule is COc1ccc(Cl)cc1C(=O)NCC1=CCNCC1. The van der Waals surface area contributed by atoms with Crippen LogP contribution in [0.15, 0.2) is 29.8 Å². The molecule has 2 N–H and O–H groups in total. The molecule has 0 saturated carbocycles. The van der Waals surface area contributed by atoms with Crippen LogP contribution in [0.2, 0.25) is 5.02 Å². The fraction of sp³-hybridized carbons (Fsp3) is 0.357. The Labute approximate surface area is 117 Å². The van der Waals surface area contributed by atoms with E-state index in [2.05, 4.69) is 16.7 Å². The summed E-state index contributed by atoms with van der Waals surface area (Å²) in [5.74, 6) is 0.361. The van der Waals surface area contributed by atoms with Gasteiger partial charge in [-0.25, -0.2) is 0 Å². The Bertz CT molecular complexity index is 500. The van der Waals surface area contributed by atoms with Crippen LogP contribution in [0.1, 0.15) is 16.8 Å². The van der Waals surface area contributed by atoms with Crippen LogP contribution in [0, 0.1) is 0 Å². The van der Waals surface area contributed by atoms with E-state index < -0.39 is 0 Å². The molecule has 1 aliphatic rings. The van der Waals surface area contributed by atoms with Gasteiger partial charge in [0.2, 0.25) is 0 Å². The van der Waals surface area contributed by atoms with Gasteiger partial charge < -0.3 is 15.4 Å². The zero-order valence-corrected chi connectivity index (χ0v) is 11.6. The monoisotopic (exact) mass is 280 g/mol. The zero-order chi connectivity index (χ0) is 13.7. The van der Waals surface area contributed by atoms with Crippen molar-refractivity contribution in [3.63, 3.8) is 0 Å². The van der Waals surface area contributed by atoms with Crippen molar-refractivity contribution in [3.8, 4) is 5.75 Å². The molecule has 0 spiro atoms. The number of carbonyl (C=O) groups is 1. The van der Waals surface area contributed by atoms with Gasteiger partial charge >= 0.3 is 0 Å². The maximum absolute atomic E-state index is 12.1. The van der Waals surface area contributed by atoms with Crippen LogP contribution < -0.4 is 15.4 Å². The summed E-state index contributed by atoms with van der Waals surface area (Å²) in [6.07, 6.45) is 3.08. The zero-order valence-electron chi connectivity index (χ0n) is 10.8. The maximum Gasteiger partial charge on any atom is 0.255 e. The van der Waals surface area contributed by atoms with Crippen molar-refractivity contribution in [2.45, 2.75) is 6.42 Å². The first kappa shape index (κ1) is 13.9. The fourth-order valence-electron chi connectivity index (χ4n) is 1.98. The van der Waals surface area contributed by atoms with Gasteiger partial charge in [0.05, 0.1) is 12.7 Å². The molecule has 5 heteroatoms. The van der Waals surface area contributed by atoms with Crippen LogP contribution in [0.5, 0.6) is 5.75 Å². The number of hydrogen-bond acceptors (Lipinski definition) is 3. The normalized spacial score (nSPS) is 14.7. The van der Waals surface area contributed by atoms with E-state index in [1.807, 2.05) is 0 Å². The topological polar surface area (TPSA) is 50.4 Å². The number of benzene rings is 1. The molecule has 0 fully saturated rings. The summed E-state index contributed by atoms with van der Waals surface area (Å²) >= 11 is 5.91. The molecule has 2 rings (SSSR count). The number of nitrogens with one attached hydrogen (secondary N) is 2. The Morgan fingerprint density at radius 3 is 3.05 bits per heavy atom. The van der Waals surface area contributed by atoms with E-state index in [1.54, 1.807) is 18.2 Å². The summed E-state index contributed by atoms with van der Waals surface area (Å²) in [6, 6.07) is 5.01. The van der Waals surface area contributed by atoms with Crippen molar-refractivity contribution in [1.29, 1.82) is 0 Å². The summed E-state index contributed by atoms with van der Waals surface area (Å²) < 4.78 is 5.17. The van der Waals surface area contributed by atoms with Gasteiger partial charge in [0, 0.05) is 18.1 Å². The highest BCUT2D eigenvalue weighted by molar-refractivity contribution is 6.31. The highest BCUT2D eigenvalue weighted by Gasteiger charge is 2.13. The van der Waals surface area contributed by atoms with Gasteiger partial charge in [-0.1, -0.05) is 23.3 Å². The Morgan fingerprint density at radius 2 is 2.37 bits per heavy atom. The van der Waals surface area contributed by atoms with Crippen molar-refractivity contribution in [2.75, 3.05) is 26.7 Å². The lowest BCUT2D eigenvalue weighted by atomic mass is 10.1. The van der Waals surface area contributed by atoms with Gasteiger partial charge in [-0.2, -0.15) is 0 Å². The van der Waals surface area contributed by atoms with E-state index in [1.165, 1.54) is 12.7 Å². The van der Waals surface area contributed by atoms with Crippen LogP contribution >= 0.6 is 11.6 Å². The lowest BCUT2D eigenvalue weighted by molar-refractivity contribution is 0.0953. The third-order valence-corrected chi connectivity index (χ3v) is 3.28. The molecule has 0 unspecified atom stereocenters. The first-order valence-electron chi connectivity index (χ1n) is 6.21. The van der Waals surface area contributed by atoms with E-state index in [0.29, 0.717) is 22.9 Å². The Kier molecular flexibility index (Phi) is 4.82. The summed E-state index contributed by atoms with van der Waals surface area (Å²) in [6.45, 7) is 2.39. The van der Waals surface area contributed by atoms with E-state index in [9.17, 15) is 4.79 Å². The minimum atomic E-state index is -0.168. The van der Waals surface area contributed by atoms with Crippen molar-refractivity contribution >= 4 is 17.5 Å². The molecule has 0 radical (unpaired) electrons. The molecular weight excluding hydrogens is 264 g/mol. The lowest BCUT2D eigenvalue weighted by Gasteiger charge is -2.15. The van der Waals surface area contributed by atoms with Crippen molar-refractivity contribution in [2.24, 2.45) is 0 Å². The smallest absolute Gasteiger partial charge is 0.255 e. The van der Waals surface area contributed by atoms with Crippen LogP contribution in [-0.2, 0) is 0 Å². The first-order valence-corrected chi connectivity index (χ1v) is 6.59. The van der Waals surface area contributed by atoms with Crippen LogP contribution in [0.25, 0.3) is 0 Å². The molecule has 0 bridgehead atoms. The predicted octanol–water partition coefficient (Wildman–Crippen LogP) is 2.00. The molecule has 1 heterocycles. The molecule has 1 aliphatic heterocycles. The van der Waals surface area contributed by atoms with Crippen LogP contribution in [0.4, 0.5) is 0 Å². The molecule has 0 aliphatic carbocycles. The van der Waals surface area contributed by atoms with Crippen molar-refractivity contribution < 1.29 is 9.53 Å². The van der Waals surface area contributed by atoms with Crippen LogP contribution in [0.3, 0.4) is 0 Å². The molecule has 1 aromatic carbocycles. The third kappa shape index (κ3) is 3.72. The second-order valence-electron chi connectivity index (χ2n) is 4.34. The minimum absolute atomic E-state index is 0.168. The van der Waals surface area contributed by atoms with Crippen molar-refractivity contribution in [1.82, 2.24) is 10.6 Å². The number of ether oxygens (including phenoxy) is 1. The lowest BCUT2D eigenvalue weighted by Crippen LogP contribution is -2.29. The van der Waals surface area contributed by atoms with Gasteiger partial charge in [0.25, 0.3) is 5.91 Å².